The molecule has 8 heteroatoms. The number of hydrogen-bond donors (Lipinski definition) is 2. The first-order chi connectivity index (χ1) is 16.9. The molecule has 0 saturated carbocycles. The van der Waals surface area contributed by atoms with Gasteiger partial charge in [0.25, 0.3) is 0 Å². The van der Waals surface area contributed by atoms with Crippen LogP contribution < -0.4 is 5.84 Å². The van der Waals surface area contributed by atoms with Gasteiger partial charge in [-0.1, -0.05) is 32.6 Å². The van der Waals surface area contributed by atoms with Gasteiger partial charge in [0, 0.05) is 54.3 Å². The third-order valence-electron chi connectivity index (χ3n) is 8.36. The molecule has 1 atom stereocenters. The van der Waals surface area contributed by atoms with Gasteiger partial charge >= 0.3 is 11.9 Å². The number of ether oxygens (including phenoxy) is 2. The smallest absolute Gasteiger partial charge is 0.308 e. The Morgan fingerprint density at radius 1 is 0.784 bits per heavy atom. The molecule has 0 amide bonds. The van der Waals surface area contributed by atoms with E-state index in [2.05, 4.69) is 27.7 Å². The van der Waals surface area contributed by atoms with Crippen molar-refractivity contribution in [1.82, 2.24) is 10.1 Å². The molecule has 0 spiro atoms. The number of rotatable bonds is 11. The van der Waals surface area contributed by atoms with Crippen molar-refractivity contribution in [2.75, 3.05) is 0 Å². The van der Waals surface area contributed by atoms with Crippen LogP contribution in [-0.4, -0.2) is 61.6 Å². The third kappa shape index (κ3) is 8.91. The number of carbonyl (C=O) groups is 2. The number of hydrazine groups is 1. The van der Waals surface area contributed by atoms with Gasteiger partial charge in [0.05, 0.1) is 5.92 Å². The van der Waals surface area contributed by atoms with Crippen LogP contribution >= 0.6 is 0 Å². The maximum atomic E-state index is 12.7. The second-order valence-corrected chi connectivity index (χ2v) is 14.1. The topological polar surface area (TPSA) is 105 Å². The van der Waals surface area contributed by atoms with E-state index in [9.17, 15) is 14.8 Å². The van der Waals surface area contributed by atoms with Crippen molar-refractivity contribution in [2.24, 2.45) is 11.8 Å². The average Bonchev–Trinajstić information content (AvgIpc) is 2.74. The number of piperidine rings is 2. The molecule has 2 saturated heterocycles. The van der Waals surface area contributed by atoms with E-state index in [0.717, 1.165) is 51.4 Å². The van der Waals surface area contributed by atoms with Gasteiger partial charge in [-0.15, -0.1) is 0 Å². The molecule has 1 unspecified atom stereocenters. The Hall–Kier alpha value is -1.22. The van der Waals surface area contributed by atoms with Gasteiger partial charge < -0.3 is 14.7 Å². The van der Waals surface area contributed by atoms with E-state index >= 15 is 0 Å². The summed E-state index contributed by atoms with van der Waals surface area (Å²) in [7, 11) is 0. The predicted molar refractivity (Wildman–Crippen MR) is 146 cm³/mol. The normalized spacial score (nSPS) is 24.9. The molecule has 0 aromatic rings. The highest BCUT2D eigenvalue weighted by Gasteiger charge is 2.47. The van der Waals surface area contributed by atoms with Crippen molar-refractivity contribution in [1.29, 1.82) is 0 Å². The zero-order chi connectivity index (χ0) is 28.2. The Balaban J connectivity index is 1.60. The van der Waals surface area contributed by atoms with E-state index in [1.165, 1.54) is 5.06 Å². The van der Waals surface area contributed by atoms with E-state index in [0.29, 0.717) is 19.3 Å². The quantitative estimate of drug-likeness (QED) is 0.200. The lowest BCUT2D eigenvalue weighted by molar-refractivity contribution is -0.260. The molecule has 0 bridgehead atoms. The van der Waals surface area contributed by atoms with Crippen LogP contribution in [0.4, 0.5) is 0 Å². The fraction of sp³-hybridized carbons (Fsp3) is 0.931. The number of unbranched alkanes of at least 4 members (excludes halogenated alkanes) is 4. The van der Waals surface area contributed by atoms with Crippen molar-refractivity contribution in [2.45, 2.75) is 167 Å². The van der Waals surface area contributed by atoms with E-state index in [-0.39, 0.29) is 41.1 Å². The van der Waals surface area contributed by atoms with Gasteiger partial charge in [-0.2, -0.15) is 5.06 Å². The summed E-state index contributed by atoms with van der Waals surface area (Å²) in [4.78, 5) is 25.1. The number of nitrogens with zero attached hydrogens (tertiary/aromatic N) is 2. The van der Waals surface area contributed by atoms with Crippen LogP contribution in [-0.2, 0) is 19.1 Å². The summed E-state index contributed by atoms with van der Waals surface area (Å²) in [6, 6.07) is 0. The minimum atomic E-state index is -0.433. The summed E-state index contributed by atoms with van der Waals surface area (Å²) in [6.07, 6.45) is 8.57. The largest absolute Gasteiger partial charge is 0.462 e. The zero-order valence-corrected chi connectivity index (χ0v) is 25.1. The highest BCUT2D eigenvalue weighted by Crippen LogP contribution is 2.39. The Morgan fingerprint density at radius 2 is 1.22 bits per heavy atom. The molecule has 0 aromatic heterocycles. The predicted octanol–water partition coefficient (Wildman–Crippen LogP) is 5.75. The SMILES string of the molecule is CC(CCCCCCCC(=O)OC1CC(C)(C)N(N)C(C)(C)C1)C(=O)OC1CC(C)(C)N(O)C(C)(C)C1. The van der Waals surface area contributed by atoms with Crippen molar-refractivity contribution < 1.29 is 24.3 Å². The summed E-state index contributed by atoms with van der Waals surface area (Å²) in [5.74, 6) is 5.89. The molecule has 0 aromatic carbocycles. The number of nitrogens with two attached hydrogens (primary N) is 1. The Bertz CT molecular complexity index is 744. The number of hydroxylamine groups is 2. The molecule has 37 heavy (non-hydrogen) atoms. The molecule has 0 aliphatic carbocycles. The maximum Gasteiger partial charge on any atom is 0.308 e. The molecule has 2 fully saturated rings. The van der Waals surface area contributed by atoms with Crippen molar-refractivity contribution in [3.05, 3.63) is 0 Å². The Morgan fingerprint density at radius 3 is 1.76 bits per heavy atom. The maximum absolute atomic E-state index is 12.7. The van der Waals surface area contributed by atoms with Gasteiger partial charge in [-0.25, -0.2) is 5.01 Å². The van der Waals surface area contributed by atoms with Crippen LogP contribution in [0.2, 0.25) is 0 Å². The van der Waals surface area contributed by atoms with Gasteiger partial charge in [0.2, 0.25) is 0 Å². The molecule has 8 nitrogen and oxygen atoms in total. The Kier molecular flexibility index (Phi) is 10.6. The van der Waals surface area contributed by atoms with Gasteiger partial charge in [0.15, 0.2) is 0 Å². The highest BCUT2D eigenvalue weighted by atomic mass is 16.6. The van der Waals surface area contributed by atoms with Gasteiger partial charge in [-0.05, 0) is 68.2 Å². The summed E-state index contributed by atoms with van der Waals surface area (Å²) >= 11 is 0. The molecule has 0 radical (unpaired) electrons. The van der Waals surface area contributed by atoms with Gasteiger partial charge in [0.1, 0.15) is 12.2 Å². The van der Waals surface area contributed by atoms with Crippen LogP contribution in [0.25, 0.3) is 0 Å². The average molecular weight is 526 g/mol. The zero-order valence-electron chi connectivity index (χ0n) is 25.1. The first-order valence-electron chi connectivity index (χ1n) is 14.3. The second-order valence-electron chi connectivity index (χ2n) is 14.1. The lowest BCUT2D eigenvalue weighted by Gasteiger charge is -2.52. The van der Waals surface area contributed by atoms with Gasteiger partial charge in [-0.3, -0.25) is 15.4 Å². The summed E-state index contributed by atoms with van der Waals surface area (Å²) in [5.41, 5.74) is -1.28. The van der Waals surface area contributed by atoms with Crippen LogP contribution in [0.3, 0.4) is 0 Å². The standard InChI is InChI=1S/C29H55N3O5/c1-21(25(34)37-23-19-28(6,7)32(35)29(8,9)20-23)15-13-11-10-12-14-16-24(33)36-22-17-26(2,3)31(30)27(4,5)18-22/h21-23,35H,10-20,30H2,1-9H3. The fourth-order valence-corrected chi connectivity index (χ4v) is 6.44. The summed E-state index contributed by atoms with van der Waals surface area (Å²) in [6.45, 7) is 18.2. The van der Waals surface area contributed by atoms with Crippen LogP contribution in [0.15, 0.2) is 0 Å². The lowest BCUT2D eigenvalue weighted by Crippen LogP contribution is -2.65. The minimum Gasteiger partial charge on any atom is -0.462 e. The van der Waals surface area contributed by atoms with E-state index in [1.54, 1.807) is 0 Å². The number of carbonyl (C=O) groups excluding carboxylic acids is 2. The summed E-state index contributed by atoms with van der Waals surface area (Å²) < 4.78 is 11.7. The molecular weight excluding hydrogens is 470 g/mol. The van der Waals surface area contributed by atoms with Crippen LogP contribution in [0.1, 0.15) is 133 Å². The fourth-order valence-electron chi connectivity index (χ4n) is 6.44. The van der Waals surface area contributed by atoms with Crippen molar-refractivity contribution in [3.8, 4) is 0 Å². The molecule has 2 heterocycles. The van der Waals surface area contributed by atoms with Crippen LogP contribution in [0, 0.1) is 5.92 Å². The lowest BCUT2D eigenvalue weighted by atomic mass is 9.80. The van der Waals surface area contributed by atoms with E-state index in [4.69, 9.17) is 15.3 Å². The third-order valence-corrected chi connectivity index (χ3v) is 8.36. The number of esters is 2. The van der Waals surface area contributed by atoms with E-state index < -0.39 is 11.1 Å². The molecule has 2 aliphatic heterocycles. The molecule has 2 rings (SSSR count). The monoisotopic (exact) mass is 525 g/mol. The first-order valence-corrected chi connectivity index (χ1v) is 14.3. The summed E-state index contributed by atoms with van der Waals surface area (Å²) in [5, 5.41) is 13.7. The van der Waals surface area contributed by atoms with Crippen molar-refractivity contribution in [3.63, 3.8) is 0 Å². The minimum absolute atomic E-state index is 0.0909. The van der Waals surface area contributed by atoms with E-state index in [1.807, 2.05) is 39.6 Å². The molecule has 2 aliphatic rings. The molecular formula is C29H55N3O5. The van der Waals surface area contributed by atoms with Crippen molar-refractivity contribution >= 4 is 11.9 Å². The second kappa shape index (κ2) is 12.3. The molecule has 216 valence electrons. The Labute approximate surface area is 225 Å². The first kappa shape index (κ1) is 32.0. The van der Waals surface area contributed by atoms with Crippen LogP contribution in [0.5, 0.6) is 0 Å². The highest BCUT2D eigenvalue weighted by molar-refractivity contribution is 5.72. The number of hydrogen-bond acceptors (Lipinski definition) is 8. The molecule has 3 N–H and O–H groups in total.